The zero-order valence-corrected chi connectivity index (χ0v) is 11.9. The summed E-state index contributed by atoms with van der Waals surface area (Å²) in [5, 5.41) is 6.04. The second kappa shape index (κ2) is 5.19. The van der Waals surface area contributed by atoms with Gasteiger partial charge in [-0.2, -0.15) is 0 Å². The molecule has 0 heterocycles. The van der Waals surface area contributed by atoms with Crippen LogP contribution in [0.3, 0.4) is 0 Å². The van der Waals surface area contributed by atoms with Gasteiger partial charge in [0.2, 0.25) is 0 Å². The monoisotopic (exact) mass is 291 g/mol. The van der Waals surface area contributed by atoms with Crippen molar-refractivity contribution in [1.82, 2.24) is 5.32 Å². The van der Waals surface area contributed by atoms with Gasteiger partial charge in [-0.05, 0) is 16.3 Å². The molecule has 0 aliphatic rings. The van der Waals surface area contributed by atoms with Gasteiger partial charge < -0.3 is 5.32 Å². The molecule has 0 bridgehead atoms. The maximum atomic E-state index is 3.41. The third-order valence-electron chi connectivity index (χ3n) is 3.18. The molecule has 0 unspecified atom stereocenters. The van der Waals surface area contributed by atoms with Crippen molar-refractivity contribution in [3.05, 3.63) is 48.0 Å². The van der Waals surface area contributed by atoms with Gasteiger partial charge in [-0.25, -0.2) is 0 Å². The van der Waals surface area contributed by atoms with Gasteiger partial charge in [0, 0.05) is 12.0 Å². The number of halogens is 1. The Kier molecular flexibility index (Phi) is 3.85. The summed E-state index contributed by atoms with van der Waals surface area (Å²) in [6, 6.07) is 15.1. The number of alkyl halides is 1. The molecular formula is C15H18BrN. The lowest BCUT2D eigenvalue weighted by Crippen LogP contribution is -2.32. The summed E-state index contributed by atoms with van der Waals surface area (Å²) in [5.74, 6) is 0. The fourth-order valence-electron chi connectivity index (χ4n) is 2.27. The molecule has 1 N–H and O–H groups in total. The third kappa shape index (κ3) is 2.70. The van der Waals surface area contributed by atoms with Gasteiger partial charge in [-0.1, -0.05) is 72.2 Å². The highest BCUT2D eigenvalue weighted by molar-refractivity contribution is 9.09. The number of hydrogen-bond acceptors (Lipinski definition) is 1. The number of nitrogens with one attached hydrogen (secondary N) is 1. The molecule has 0 saturated carbocycles. The van der Waals surface area contributed by atoms with Gasteiger partial charge in [0.05, 0.1) is 5.45 Å². The topological polar surface area (TPSA) is 12.0 Å². The van der Waals surface area contributed by atoms with E-state index in [9.17, 15) is 0 Å². The van der Waals surface area contributed by atoms with E-state index in [1.54, 1.807) is 0 Å². The molecule has 2 aromatic carbocycles. The summed E-state index contributed by atoms with van der Waals surface area (Å²) in [4.78, 5) is 0. The molecule has 0 radical (unpaired) electrons. The maximum absolute atomic E-state index is 3.41. The van der Waals surface area contributed by atoms with Crippen LogP contribution in [0.25, 0.3) is 10.8 Å². The molecule has 2 rings (SSSR count). The zero-order chi connectivity index (χ0) is 12.3. The second-order valence-electron chi connectivity index (χ2n) is 4.97. The Bertz CT molecular complexity index is 500. The first-order valence-electron chi connectivity index (χ1n) is 5.90. The van der Waals surface area contributed by atoms with Crippen LogP contribution >= 0.6 is 15.9 Å². The van der Waals surface area contributed by atoms with Gasteiger partial charge >= 0.3 is 0 Å². The van der Waals surface area contributed by atoms with E-state index in [1.165, 1.54) is 16.3 Å². The van der Waals surface area contributed by atoms with Crippen LogP contribution in [0.1, 0.15) is 19.4 Å². The maximum Gasteiger partial charge on any atom is 0.0517 e. The average Bonchev–Trinajstić information content (AvgIpc) is 2.36. The summed E-state index contributed by atoms with van der Waals surface area (Å²) in [6.45, 7) is 5.53. The van der Waals surface area contributed by atoms with Crippen LogP contribution in [-0.4, -0.2) is 12.0 Å². The summed E-state index contributed by atoms with van der Waals surface area (Å²) in [5.41, 5.74) is 2.37. The first-order valence-corrected chi connectivity index (χ1v) is 7.02. The molecule has 0 aliphatic heterocycles. The second-order valence-corrected chi connectivity index (χ2v) is 5.53. The van der Waals surface area contributed by atoms with Gasteiger partial charge in [-0.3, -0.25) is 0 Å². The van der Waals surface area contributed by atoms with E-state index >= 15 is 0 Å². The predicted octanol–water partition coefficient (Wildman–Crippen LogP) is 4.06. The lowest BCUT2D eigenvalue weighted by Gasteiger charge is -2.27. The zero-order valence-electron chi connectivity index (χ0n) is 10.3. The Hall–Kier alpha value is -0.860. The minimum absolute atomic E-state index is 0.134. The Balaban J connectivity index is 2.47. The standard InChI is InChI=1S/C15H18BrN/c1-15(2,10-17-11-16)14-9-5-7-12-6-3-4-8-13(12)14/h3-9,17H,10-11H2,1-2H3. The van der Waals surface area contributed by atoms with Crippen LogP contribution in [0.4, 0.5) is 0 Å². The van der Waals surface area contributed by atoms with Gasteiger partial charge in [0.1, 0.15) is 0 Å². The lowest BCUT2D eigenvalue weighted by molar-refractivity contribution is 0.495. The van der Waals surface area contributed by atoms with Crippen molar-refractivity contribution in [3.63, 3.8) is 0 Å². The Morgan fingerprint density at radius 3 is 2.53 bits per heavy atom. The van der Waals surface area contributed by atoms with E-state index < -0.39 is 0 Å². The highest BCUT2D eigenvalue weighted by Gasteiger charge is 2.21. The highest BCUT2D eigenvalue weighted by Crippen LogP contribution is 2.29. The molecule has 0 fully saturated rings. The first kappa shape index (κ1) is 12.6. The molecule has 17 heavy (non-hydrogen) atoms. The van der Waals surface area contributed by atoms with E-state index in [2.05, 4.69) is 77.6 Å². The van der Waals surface area contributed by atoms with Crippen LogP contribution in [-0.2, 0) is 5.41 Å². The predicted molar refractivity (Wildman–Crippen MR) is 78.8 cm³/mol. The van der Waals surface area contributed by atoms with Gasteiger partial charge in [0.15, 0.2) is 0 Å². The van der Waals surface area contributed by atoms with Gasteiger partial charge in [-0.15, -0.1) is 0 Å². The minimum atomic E-state index is 0.134. The van der Waals surface area contributed by atoms with Crippen molar-refractivity contribution >= 4 is 26.7 Å². The average molecular weight is 292 g/mol. The van der Waals surface area contributed by atoms with E-state index in [4.69, 9.17) is 0 Å². The van der Waals surface area contributed by atoms with Crippen molar-refractivity contribution in [2.45, 2.75) is 19.3 Å². The van der Waals surface area contributed by atoms with Crippen molar-refractivity contribution in [1.29, 1.82) is 0 Å². The molecule has 2 aromatic rings. The highest BCUT2D eigenvalue weighted by atomic mass is 79.9. The first-order chi connectivity index (χ1) is 8.15. The smallest absolute Gasteiger partial charge is 0.0517 e. The van der Waals surface area contributed by atoms with Crippen LogP contribution in [0, 0.1) is 0 Å². The van der Waals surface area contributed by atoms with Crippen LogP contribution in [0.2, 0.25) is 0 Å². The largest absolute Gasteiger partial charge is 0.306 e. The van der Waals surface area contributed by atoms with Crippen LogP contribution in [0.5, 0.6) is 0 Å². The van der Waals surface area contributed by atoms with Crippen molar-refractivity contribution < 1.29 is 0 Å². The number of fused-ring (bicyclic) bond motifs is 1. The summed E-state index contributed by atoms with van der Waals surface area (Å²) in [7, 11) is 0. The van der Waals surface area contributed by atoms with E-state index in [0.29, 0.717) is 0 Å². The third-order valence-corrected chi connectivity index (χ3v) is 3.58. The lowest BCUT2D eigenvalue weighted by atomic mass is 9.82. The van der Waals surface area contributed by atoms with Crippen molar-refractivity contribution in [3.8, 4) is 0 Å². The number of benzene rings is 2. The molecule has 0 spiro atoms. The molecule has 1 nitrogen and oxygen atoms in total. The summed E-state index contributed by atoms with van der Waals surface area (Å²) >= 11 is 3.41. The Morgan fingerprint density at radius 2 is 1.76 bits per heavy atom. The molecule has 0 aliphatic carbocycles. The number of rotatable bonds is 4. The van der Waals surface area contributed by atoms with Crippen LogP contribution in [0.15, 0.2) is 42.5 Å². The van der Waals surface area contributed by atoms with Crippen molar-refractivity contribution in [2.24, 2.45) is 0 Å². The van der Waals surface area contributed by atoms with Gasteiger partial charge in [0.25, 0.3) is 0 Å². The van der Waals surface area contributed by atoms with E-state index in [1.807, 2.05) is 0 Å². The molecule has 0 saturated heterocycles. The van der Waals surface area contributed by atoms with E-state index in [-0.39, 0.29) is 5.41 Å². The van der Waals surface area contributed by atoms with Crippen molar-refractivity contribution in [2.75, 3.05) is 12.0 Å². The molecule has 90 valence electrons. The molecule has 0 atom stereocenters. The normalized spacial score (nSPS) is 11.9. The molecule has 0 amide bonds. The molecule has 0 aromatic heterocycles. The Morgan fingerprint density at radius 1 is 1.06 bits per heavy atom. The fourth-order valence-corrected chi connectivity index (χ4v) is 2.47. The minimum Gasteiger partial charge on any atom is -0.306 e. The fraction of sp³-hybridized carbons (Fsp3) is 0.333. The summed E-state index contributed by atoms with van der Waals surface area (Å²) < 4.78 is 0. The molecule has 2 heteroatoms. The van der Waals surface area contributed by atoms with E-state index in [0.717, 1.165) is 12.0 Å². The molecular weight excluding hydrogens is 274 g/mol. The van der Waals surface area contributed by atoms with Crippen LogP contribution < -0.4 is 5.32 Å². The summed E-state index contributed by atoms with van der Waals surface area (Å²) in [6.07, 6.45) is 0. The SMILES string of the molecule is CC(C)(CNCBr)c1cccc2ccccc12. The Labute approximate surface area is 111 Å². The number of hydrogen-bond donors (Lipinski definition) is 1. The quantitative estimate of drug-likeness (QED) is 0.662.